The van der Waals surface area contributed by atoms with Gasteiger partial charge in [-0.25, -0.2) is 0 Å². The fraction of sp³-hybridized carbons (Fsp3) is 0.316. The zero-order valence-electron chi connectivity index (χ0n) is 13.3. The van der Waals surface area contributed by atoms with E-state index in [9.17, 15) is 18.0 Å². The lowest BCUT2D eigenvalue weighted by molar-refractivity contribution is -0.137. The van der Waals surface area contributed by atoms with Gasteiger partial charge in [0.25, 0.3) is 5.91 Å². The predicted molar refractivity (Wildman–Crippen MR) is 90.7 cm³/mol. The van der Waals surface area contributed by atoms with Gasteiger partial charge in [0.05, 0.1) is 11.1 Å². The van der Waals surface area contributed by atoms with Crippen molar-refractivity contribution in [3.8, 4) is 0 Å². The van der Waals surface area contributed by atoms with E-state index in [1.807, 2.05) is 12.1 Å². The molecule has 1 amide bonds. The molecule has 6 heteroatoms. The number of halogens is 4. The molecule has 1 saturated carbocycles. The first kappa shape index (κ1) is 17.8. The molecule has 0 saturated heterocycles. The van der Waals surface area contributed by atoms with Crippen LogP contribution in [0.15, 0.2) is 48.5 Å². The van der Waals surface area contributed by atoms with Crippen LogP contribution in [-0.2, 0) is 6.18 Å². The fourth-order valence-corrected chi connectivity index (χ4v) is 3.54. The molecule has 132 valence electrons. The lowest BCUT2D eigenvalue weighted by atomic mass is 9.93. The normalized spacial score (nSPS) is 20.5. The number of benzene rings is 2. The molecule has 0 unspecified atom stereocenters. The van der Waals surface area contributed by atoms with Gasteiger partial charge in [0.1, 0.15) is 0 Å². The monoisotopic (exact) mass is 367 g/mol. The molecule has 0 bridgehead atoms. The van der Waals surface area contributed by atoms with Gasteiger partial charge in [-0.1, -0.05) is 42.3 Å². The Labute approximate surface area is 149 Å². The third-order valence-corrected chi connectivity index (χ3v) is 4.86. The van der Waals surface area contributed by atoms with Gasteiger partial charge in [-0.3, -0.25) is 4.79 Å². The molecule has 2 aromatic rings. The molecule has 0 radical (unpaired) electrons. The van der Waals surface area contributed by atoms with E-state index in [0.29, 0.717) is 5.02 Å². The van der Waals surface area contributed by atoms with Crippen molar-refractivity contribution < 1.29 is 18.0 Å². The zero-order valence-corrected chi connectivity index (χ0v) is 14.1. The molecular weight excluding hydrogens is 351 g/mol. The van der Waals surface area contributed by atoms with Crippen LogP contribution in [0.25, 0.3) is 0 Å². The lowest BCUT2D eigenvalue weighted by Crippen LogP contribution is -2.37. The average Bonchev–Trinajstić information content (AvgIpc) is 3.03. The third kappa shape index (κ3) is 3.98. The molecule has 0 spiro atoms. The maximum atomic E-state index is 13.1. The minimum absolute atomic E-state index is 0.0827. The molecule has 1 aliphatic rings. The van der Waals surface area contributed by atoms with Gasteiger partial charge in [-0.2, -0.15) is 13.2 Å². The SMILES string of the molecule is O=C(N[C@@H]1CCC[C@@H]1c1ccc(Cl)cc1)c1ccccc1C(F)(F)F. The Hall–Kier alpha value is -2.01. The van der Waals surface area contributed by atoms with E-state index in [0.717, 1.165) is 30.9 Å². The standard InChI is InChI=1S/C19H17ClF3NO/c20-13-10-8-12(9-11-13)14-5-3-7-17(14)24-18(25)15-4-1-2-6-16(15)19(21,22)23/h1-2,4,6,8-11,14,17H,3,5,7H2,(H,24,25)/t14-,17-/m1/s1. The smallest absolute Gasteiger partial charge is 0.349 e. The van der Waals surface area contributed by atoms with Gasteiger partial charge < -0.3 is 5.32 Å². The van der Waals surface area contributed by atoms with E-state index >= 15 is 0 Å². The first-order chi connectivity index (χ1) is 11.9. The van der Waals surface area contributed by atoms with Gasteiger partial charge in [-0.15, -0.1) is 0 Å². The van der Waals surface area contributed by atoms with Crippen LogP contribution in [0, 0.1) is 0 Å². The Morgan fingerprint density at radius 2 is 1.72 bits per heavy atom. The number of nitrogens with one attached hydrogen (secondary N) is 1. The number of rotatable bonds is 3. The van der Waals surface area contributed by atoms with Gasteiger partial charge in [0.15, 0.2) is 0 Å². The van der Waals surface area contributed by atoms with Crippen LogP contribution in [0.1, 0.15) is 46.7 Å². The van der Waals surface area contributed by atoms with Crippen molar-refractivity contribution in [2.75, 3.05) is 0 Å². The number of carbonyl (C=O) groups excluding carboxylic acids is 1. The largest absolute Gasteiger partial charge is 0.417 e. The highest BCUT2D eigenvalue weighted by Crippen LogP contribution is 2.36. The molecular formula is C19H17ClF3NO. The quantitative estimate of drug-likeness (QED) is 0.770. The summed E-state index contributed by atoms with van der Waals surface area (Å²) in [6.07, 6.45) is -2.01. The molecule has 1 aliphatic carbocycles. The van der Waals surface area contributed by atoms with Crippen LogP contribution in [0.4, 0.5) is 13.2 Å². The molecule has 1 N–H and O–H groups in total. The Kier molecular flexibility index (Phi) is 5.04. The first-order valence-corrected chi connectivity index (χ1v) is 8.46. The van der Waals surface area contributed by atoms with Crippen molar-refractivity contribution >= 4 is 17.5 Å². The Bertz CT molecular complexity index is 758. The Morgan fingerprint density at radius 3 is 2.40 bits per heavy atom. The summed E-state index contributed by atoms with van der Waals surface area (Å²) in [5.74, 6) is -0.599. The summed E-state index contributed by atoms with van der Waals surface area (Å²) in [4.78, 5) is 12.5. The summed E-state index contributed by atoms with van der Waals surface area (Å²) in [5, 5.41) is 3.43. The van der Waals surface area contributed by atoms with E-state index in [2.05, 4.69) is 5.32 Å². The highest BCUT2D eigenvalue weighted by atomic mass is 35.5. The second-order valence-electron chi connectivity index (χ2n) is 6.21. The summed E-state index contributed by atoms with van der Waals surface area (Å²) in [5.41, 5.74) is -0.207. The van der Waals surface area contributed by atoms with Crippen LogP contribution in [0.3, 0.4) is 0 Å². The third-order valence-electron chi connectivity index (χ3n) is 4.61. The van der Waals surface area contributed by atoms with Crippen molar-refractivity contribution in [1.29, 1.82) is 0 Å². The molecule has 0 aliphatic heterocycles. The van der Waals surface area contributed by atoms with Crippen molar-refractivity contribution in [3.05, 3.63) is 70.2 Å². The van der Waals surface area contributed by atoms with Gasteiger partial charge >= 0.3 is 6.18 Å². The predicted octanol–water partition coefficient (Wildman–Crippen LogP) is 5.42. The lowest BCUT2D eigenvalue weighted by Gasteiger charge is -2.22. The minimum Gasteiger partial charge on any atom is -0.349 e. The van der Waals surface area contributed by atoms with E-state index in [4.69, 9.17) is 11.6 Å². The zero-order chi connectivity index (χ0) is 18.0. The van der Waals surface area contributed by atoms with Crippen LogP contribution in [0.2, 0.25) is 5.02 Å². The number of amides is 1. The molecule has 2 atom stereocenters. The maximum absolute atomic E-state index is 13.1. The van der Waals surface area contributed by atoms with Crippen LogP contribution >= 0.6 is 11.6 Å². The average molecular weight is 368 g/mol. The second-order valence-corrected chi connectivity index (χ2v) is 6.65. The minimum atomic E-state index is -4.56. The summed E-state index contributed by atoms with van der Waals surface area (Å²) < 4.78 is 39.3. The van der Waals surface area contributed by atoms with E-state index in [-0.39, 0.29) is 17.5 Å². The van der Waals surface area contributed by atoms with Crippen molar-refractivity contribution in [3.63, 3.8) is 0 Å². The molecule has 3 rings (SSSR count). The van der Waals surface area contributed by atoms with Crippen molar-refractivity contribution in [1.82, 2.24) is 5.32 Å². The first-order valence-electron chi connectivity index (χ1n) is 8.09. The van der Waals surface area contributed by atoms with E-state index < -0.39 is 17.6 Å². The molecule has 25 heavy (non-hydrogen) atoms. The van der Waals surface area contributed by atoms with Gasteiger partial charge in [0.2, 0.25) is 0 Å². The van der Waals surface area contributed by atoms with Crippen molar-refractivity contribution in [2.45, 2.75) is 37.4 Å². The Morgan fingerprint density at radius 1 is 1.04 bits per heavy atom. The molecule has 0 aromatic heterocycles. The molecule has 1 fully saturated rings. The summed E-state index contributed by atoms with van der Waals surface area (Å²) >= 11 is 5.90. The number of hydrogen-bond donors (Lipinski definition) is 1. The summed E-state index contributed by atoms with van der Waals surface area (Å²) in [7, 11) is 0. The maximum Gasteiger partial charge on any atom is 0.417 e. The Balaban J connectivity index is 1.80. The van der Waals surface area contributed by atoms with Gasteiger partial charge in [0, 0.05) is 17.0 Å². The molecule has 0 heterocycles. The fourth-order valence-electron chi connectivity index (χ4n) is 3.42. The number of carbonyl (C=O) groups is 1. The highest BCUT2D eigenvalue weighted by Gasteiger charge is 2.36. The van der Waals surface area contributed by atoms with Crippen molar-refractivity contribution in [2.24, 2.45) is 0 Å². The van der Waals surface area contributed by atoms with Crippen LogP contribution in [-0.4, -0.2) is 11.9 Å². The second kappa shape index (κ2) is 7.08. The number of alkyl halides is 3. The van der Waals surface area contributed by atoms with Crippen LogP contribution in [0.5, 0.6) is 0 Å². The molecule has 2 aromatic carbocycles. The topological polar surface area (TPSA) is 29.1 Å². The summed E-state index contributed by atoms with van der Waals surface area (Å²) in [6.45, 7) is 0. The van der Waals surface area contributed by atoms with E-state index in [1.165, 1.54) is 18.2 Å². The highest BCUT2D eigenvalue weighted by molar-refractivity contribution is 6.30. The van der Waals surface area contributed by atoms with Gasteiger partial charge in [-0.05, 0) is 42.7 Å². The number of hydrogen-bond acceptors (Lipinski definition) is 1. The van der Waals surface area contributed by atoms with Crippen LogP contribution < -0.4 is 5.32 Å². The summed E-state index contributed by atoms with van der Waals surface area (Å²) in [6, 6.07) is 12.1. The molecule has 2 nitrogen and oxygen atoms in total. The van der Waals surface area contributed by atoms with E-state index in [1.54, 1.807) is 12.1 Å².